The summed E-state index contributed by atoms with van der Waals surface area (Å²) in [6.45, 7) is 4.41. The third-order valence-electron chi connectivity index (χ3n) is 3.85. The Balaban J connectivity index is 1.88. The van der Waals surface area contributed by atoms with Crippen LogP contribution in [0.15, 0.2) is 48.5 Å². The number of nitrogens with zero attached hydrogens (tertiary/aromatic N) is 1. The summed E-state index contributed by atoms with van der Waals surface area (Å²) in [5.74, 6) is -0.865. The van der Waals surface area contributed by atoms with E-state index in [1.165, 1.54) is 20.8 Å². The van der Waals surface area contributed by atoms with Gasteiger partial charge in [0, 0.05) is 11.3 Å². The lowest BCUT2D eigenvalue weighted by Crippen LogP contribution is -2.35. The summed E-state index contributed by atoms with van der Waals surface area (Å²) in [5.41, 5.74) is 1.50. The molecule has 0 heterocycles. The maximum atomic E-state index is 12.2. The number of carbonyl (C=O) groups is 3. The molecular weight excluding hydrogens is 360 g/mol. The largest absolute Gasteiger partial charge is 0.479 e. The number of ketones is 1. The number of nitriles is 1. The zero-order chi connectivity index (χ0) is 20.7. The molecule has 1 N–H and O–H groups in total. The molecule has 0 aliphatic carbocycles. The lowest BCUT2D eigenvalue weighted by Gasteiger charge is -2.18. The number of carbonyl (C=O) groups excluding carboxylic acids is 3. The van der Waals surface area contributed by atoms with Crippen LogP contribution in [-0.2, 0) is 14.3 Å². The Hall–Kier alpha value is -3.66. The third-order valence-corrected chi connectivity index (χ3v) is 3.85. The molecule has 0 bridgehead atoms. The van der Waals surface area contributed by atoms with Gasteiger partial charge in [-0.25, -0.2) is 4.79 Å². The molecule has 144 valence electrons. The summed E-state index contributed by atoms with van der Waals surface area (Å²) in [4.78, 5) is 35.6. The summed E-state index contributed by atoms with van der Waals surface area (Å²) in [6.07, 6.45) is -1.97. The molecule has 0 radical (unpaired) electrons. The molecular formula is C21H20N2O5. The number of anilines is 1. The highest BCUT2D eigenvalue weighted by atomic mass is 16.6. The van der Waals surface area contributed by atoms with E-state index in [0.29, 0.717) is 22.6 Å². The molecule has 0 saturated heterocycles. The Labute approximate surface area is 162 Å². The van der Waals surface area contributed by atoms with Crippen molar-refractivity contribution in [1.82, 2.24) is 0 Å². The Kier molecular flexibility index (Phi) is 6.88. The second-order valence-electron chi connectivity index (χ2n) is 6.10. The normalized spacial score (nSPS) is 12.2. The molecule has 0 aromatic heterocycles. The van der Waals surface area contributed by atoms with Gasteiger partial charge in [-0.2, -0.15) is 5.26 Å². The van der Waals surface area contributed by atoms with Crippen LogP contribution < -0.4 is 10.1 Å². The van der Waals surface area contributed by atoms with Crippen LogP contribution in [0.5, 0.6) is 5.75 Å². The van der Waals surface area contributed by atoms with Crippen molar-refractivity contribution in [2.24, 2.45) is 0 Å². The van der Waals surface area contributed by atoms with E-state index < -0.39 is 24.1 Å². The number of ether oxygens (including phenoxy) is 2. The van der Waals surface area contributed by atoms with E-state index in [-0.39, 0.29) is 5.78 Å². The molecule has 7 heteroatoms. The Morgan fingerprint density at radius 3 is 2.11 bits per heavy atom. The summed E-state index contributed by atoms with van der Waals surface area (Å²) in [7, 11) is 0. The second kappa shape index (κ2) is 9.33. The van der Waals surface area contributed by atoms with Gasteiger partial charge in [0.05, 0.1) is 11.6 Å². The van der Waals surface area contributed by atoms with Crippen molar-refractivity contribution in [2.45, 2.75) is 33.0 Å². The van der Waals surface area contributed by atoms with Gasteiger partial charge in [-0.1, -0.05) is 0 Å². The number of rotatable bonds is 7. The molecule has 0 aliphatic rings. The van der Waals surface area contributed by atoms with Gasteiger partial charge in [-0.3, -0.25) is 9.59 Å². The number of benzene rings is 2. The number of hydrogen-bond acceptors (Lipinski definition) is 6. The van der Waals surface area contributed by atoms with E-state index in [4.69, 9.17) is 14.7 Å². The van der Waals surface area contributed by atoms with Crippen LogP contribution in [0.2, 0.25) is 0 Å². The number of amides is 1. The summed E-state index contributed by atoms with van der Waals surface area (Å²) < 4.78 is 10.6. The summed E-state index contributed by atoms with van der Waals surface area (Å²) in [6, 6.07) is 14.7. The predicted octanol–water partition coefficient (Wildman–Crippen LogP) is 3.10. The van der Waals surface area contributed by atoms with Gasteiger partial charge in [0.1, 0.15) is 5.75 Å². The first kappa shape index (κ1) is 20.6. The van der Waals surface area contributed by atoms with Gasteiger partial charge >= 0.3 is 5.97 Å². The first-order valence-corrected chi connectivity index (χ1v) is 8.59. The number of Topliss-reactive ketones (excluding diaryl/α,β-unsaturated/α-hetero) is 1. The fourth-order valence-corrected chi connectivity index (χ4v) is 2.22. The van der Waals surface area contributed by atoms with Crippen LogP contribution in [-0.4, -0.2) is 29.9 Å². The van der Waals surface area contributed by atoms with Crippen LogP contribution in [0.3, 0.4) is 0 Å². The van der Waals surface area contributed by atoms with Crippen molar-refractivity contribution < 1.29 is 23.9 Å². The van der Waals surface area contributed by atoms with E-state index in [9.17, 15) is 14.4 Å². The van der Waals surface area contributed by atoms with E-state index >= 15 is 0 Å². The lowest BCUT2D eigenvalue weighted by atomic mass is 10.1. The van der Waals surface area contributed by atoms with Gasteiger partial charge in [-0.05, 0) is 69.3 Å². The monoisotopic (exact) mass is 380 g/mol. The maximum Gasteiger partial charge on any atom is 0.347 e. The fourth-order valence-electron chi connectivity index (χ4n) is 2.22. The summed E-state index contributed by atoms with van der Waals surface area (Å²) >= 11 is 0. The average Bonchev–Trinajstić information content (AvgIpc) is 2.68. The van der Waals surface area contributed by atoms with Gasteiger partial charge in [-0.15, -0.1) is 0 Å². The van der Waals surface area contributed by atoms with Gasteiger partial charge < -0.3 is 14.8 Å². The highest BCUT2D eigenvalue weighted by molar-refractivity contribution is 5.97. The van der Waals surface area contributed by atoms with Crippen molar-refractivity contribution in [1.29, 1.82) is 5.26 Å². The third kappa shape index (κ3) is 5.68. The average molecular weight is 380 g/mol. The minimum Gasteiger partial charge on any atom is -0.479 e. The van der Waals surface area contributed by atoms with E-state index in [1.54, 1.807) is 48.5 Å². The van der Waals surface area contributed by atoms with Crippen molar-refractivity contribution in [3.63, 3.8) is 0 Å². The van der Waals surface area contributed by atoms with Crippen molar-refractivity contribution in [2.75, 3.05) is 5.32 Å². The first-order valence-electron chi connectivity index (χ1n) is 8.59. The van der Waals surface area contributed by atoms with Gasteiger partial charge in [0.2, 0.25) is 0 Å². The quantitative estimate of drug-likeness (QED) is 0.584. The van der Waals surface area contributed by atoms with Crippen LogP contribution >= 0.6 is 0 Å². The lowest BCUT2D eigenvalue weighted by molar-refractivity contribution is -0.159. The zero-order valence-electron chi connectivity index (χ0n) is 15.8. The zero-order valence-corrected chi connectivity index (χ0v) is 15.8. The van der Waals surface area contributed by atoms with Gasteiger partial charge in [0.15, 0.2) is 18.0 Å². The van der Waals surface area contributed by atoms with Crippen molar-refractivity contribution in [3.8, 4) is 11.8 Å². The minimum atomic E-state index is -1.04. The molecule has 2 aromatic rings. The maximum absolute atomic E-state index is 12.2. The molecule has 7 nitrogen and oxygen atoms in total. The topological polar surface area (TPSA) is 105 Å². The Morgan fingerprint density at radius 2 is 1.57 bits per heavy atom. The van der Waals surface area contributed by atoms with Crippen LogP contribution in [0, 0.1) is 11.3 Å². The van der Waals surface area contributed by atoms with Gasteiger partial charge in [0.25, 0.3) is 5.91 Å². The number of esters is 1. The van der Waals surface area contributed by atoms with E-state index in [2.05, 4.69) is 5.32 Å². The Bertz CT molecular complexity index is 898. The predicted molar refractivity (Wildman–Crippen MR) is 102 cm³/mol. The molecule has 0 aliphatic heterocycles. The van der Waals surface area contributed by atoms with E-state index in [1.807, 2.05) is 6.07 Å². The minimum absolute atomic E-state index is 0.0728. The highest BCUT2D eigenvalue weighted by Gasteiger charge is 2.23. The SMILES string of the molecule is CC(=O)c1ccc(NC(=O)[C@H](C)OC(=O)[C@@H](C)Oc2ccc(C#N)cc2)cc1. The van der Waals surface area contributed by atoms with E-state index in [0.717, 1.165) is 0 Å². The Morgan fingerprint density at radius 1 is 0.964 bits per heavy atom. The molecule has 2 atom stereocenters. The standard InChI is InChI=1S/C21H20N2O5/c1-13(24)17-6-8-18(9-7-17)23-20(25)14(2)28-21(26)15(3)27-19-10-4-16(12-22)5-11-19/h4-11,14-15H,1-3H3,(H,23,25)/t14-,15+/m0/s1. The molecule has 1 amide bonds. The van der Waals surface area contributed by atoms with Crippen molar-refractivity contribution in [3.05, 3.63) is 59.7 Å². The van der Waals surface area contributed by atoms with Crippen molar-refractivity contribution >= 4 is 23.3 Å². The molecule has 2 rings (SSSR count). The highest BCUT2D eigenvalue weighted by Crippen LogP contribution is 2.15. The molecule has 0 saturated carbocycles. The molecule has 0 spiro atoms. The molecule has 0 unspecified atom stereocenters. The number of hydrogen-bond donors (Lipinski definition) is 1. The first-order chi connectivity index (χ1) is 13.3. The fraction of sp³-hybridized carbons (Fsp3) is 0.238. The van der Waals surface area contributed by atoms with Crippen LogP contribution in [0.4, 0.5) is 5.69 Å². The molecule has 28 heavy (non-hydrogen) atoms. The number of nitrogens with one attached hydrogen (secondary N) is 1. The smallest absolute Gasteiger partial charge is 0.347 e. The summed E-state index contributed by atoms with van der Waals surface area (Å²) in [5, 5.41) is 11.4. The molecule has 0 fully saturated rings. The van der Waals surface area contributed by atoms with Crippen LogP contribution in [0.25, 0.3) is 0 Å². The van der Waals surface area contributed by atoms with Crippen LogP contribution in [0.1, 0.15) is 36.7 Å². The molecule has 2 aromatic carbocycles. The second-order valence-corrected chi connectivity index (χ2v) is 6.10.